The highest BCUT2D eigenvalue weighted by molar-refractivity contribution is 5.92. The van der Waals surface area contributed by atoms with Crippen LogP contribution in [-0.2, 0) is 4.79 Å². The number of rotatable bonds is 2. The zero-order valence-corrected chi connectivity index (χ0v) is 9.03. The third-order valence-electron chi connectivity index (χ3n) is 2.82. The molecule has 1 fully saturated rings. The molecule has 2 heterocycles. The Labute approximate surface area is 93.3 Å². The molecule has 0 aromatic carbocycles. The van der Waals surface area contributed by atoms with Crippen LogP contribution in [0.5, 0.6) is 0 Å². The van der Waals surface area contributed by atoms with E-state index >= 15 is 0 Å². The minimum atomic E-state index is -0.588. The third-order valence-corrected chi connectivity index (χ3v) is 2.82. The van der Waals surface area contributed by atoms with Gasteiger partial charge in [-0.05, 0) is 24.6 Å². The Bertz CT molecular complexity index is 397. The molecule has 2 atom stereocenters. The first kappa shape index (κ1) is 11.0. The van der Waals surface area contributed by atoms with E-state index in [-0.39, 0.29) is 17.6 Å². The molecule has 0 bridgehead atoms. The van der Waals surface area contributed by atoms with Gasteiger partial charge in [0.2, 0.25) is 11.9 Å². The van der Waals surface area contributed by atoms with Crippen LogP contribution in [0.15, 0.2) is 18.2 Å². The summed E-state index contributed by atoms with van der Waals surface area (Å²) >= 11 is 0. The second-order valence-corrected chi connectivity index (χ2v) is 4.08. The van der Waals surface area contributed by atoms with Gasteiger partial charge in [0.05, 0.1) is 5.92 Å². The molecule has 1 saturated heterocycles. The van der Waals surface area contributed by atoms with E-state index in [4.69, 9.17) is 0 Å². The van der Waals surface area contributed by atoms with E-state index < -0.39 is 5.95 Å². The number of pyridine rings is 1. The minimum absolute atomic E-state index is 0.0648. The molecule has 0 saturated carbocycles. The maximum atomic E-state index is 12.8. The lowest BCUT2D eigenvalue weighted by Gasteiger charge is -2.13. The molecule has 1 amide bonds. The number of hydrogen-bond donors (Lipinski definition) is 2. The van der Waals surface area contributed by atoms with Crippen LogP contribution in [0.3, 0.4) is 0 Å². The van der Waals surface area contributed by atoms with Crippen molar-refractivity contribution >= 4 is 11.7 Å². The lowest BCUT2D eigenvalue weighted by Crippen LogP contribution is -2.28. The van der Waals surface area contributed by atoms with Crippen LogP contribution in [0, 0.1) is 17.8 Å². The molecule has 1 aromatic rings. The fourth-order valence-corrected chi connectivity index (χ4v) is 1.86. The smallest absolute Gasteiger partial charge is 0.230 e. The lowest BCUT2D eigenvalue weighted by molar-refractivity contribution is -0.120. The largest absolute Gasteiger partial charge is 0.316 e. The molecule has 86 valence electrons. The van der Waals surface area contributed by atoms with E-state index in [0.29, 0.717) is 12.5 Å². The SMILES string of the molecule is CC1CNCC1C(=O)Nc1cccc(F)n1. The quantitative estimate of drug-likeness (QED) is 0.736. The molecule has 1 aliphatic heterocycles. The van der Waals surface area contributed by atoms with Crippen molar-refractivity contribution in [3.8, 4) is 0 Å². The summed E-state index contributed by atoms with van der Waals surface area (Å²) < 4.78 is 12.8. The molecular weight excluding hydrogens is 209 g/mol. The minimum Gasteiger partial charge on any atom is -0.316 e. The highest BCUT2D eigenvalue weighted by Crippen LogP contribution is 2.17. The first-order valence-corrected chi connectivity index (χ1v) is 5.31. The van der Waals surface area contributed by atoms with Crippen molar-refractivity contribution in [1.82, 2.24) is 10.3 Å². The molecule has 0 radical (unpaired) electrons. The molecule has 0 spiro atoms. The number of nitrogens with one attached hydrogen (secondary N) is 2. The highest BCUT2D eigenvalue weighted by atomic mass is 19.1. The van der Waals surface area contributed by atoms with Gasteiger partial charge in [-0.1, -0.05) is 13.0 Å². The van der Waals surface area contributed by atoms with Crippen molar-refractivity contribution in [2.45, 2.75) is 6.92 Å². The topological polar surface area (TPSA) is 54.0 Å². The summed E-state index contributed by atoms with van der Waals surface area (Å²) in [4.78, 5) is 15.4. The Hall–Kier alpha value is -1.49. The Morgan fingerprint density at radius 2 is 2.38 bits per heavy atom. The van der Waals surface area contributed by atoms with Gasteiger partial charge in [-0.2, -0.15) is 4.39 Å². The van der Waals surface area contributed by atoms with Crippen LogP contribution in [0.25, 0.3) is 0 Å². The van der Waals surface area contributed by atoms with Crippen LogP contribution in [0.4, 0.5) is 10.2 Å². The van der Waals surface area contributed by atoms with E-state index in [0.717, 1.165) is 6.54 Å². The van der Waals surface area contributed by atoms with Gasteiger partial charge in [-0.15, -0.1) is 0 Å². The van der Waals surface area contributed by atoms with Crippen LogP contribution < -0.4 is 10.6 Å². The average Bonchev–Trinajstić information content (AvgIpc) is 2.64. The molecule has 16 heavy (non-hydrogen) atoms. The number of anilines is 1. The number of carbonyl (C=O) groups is 1. The number of amides is 1. The lowest BCUT2D eigenvalue weighted by atomic mass is 9.97. The Morgan fingerprint density at radius 3 is 3.00 bits per heavy atom. The number of nitrogens with zero attached hydrogens (tertiary/aromatic N) is 1. The van der Waals surface area contributed by atoms with Crippen LogP contribution in [0.2, 0.25) is 0 Å². The number of halogens is 1. The number of hydrogen-bond acceptors (Lipinski definition) is 3. The van der Waals surface area contributed by atoms with Gasteiger partial charge in [-0.25, -0.2) is 4.98 Å². The molecule has 1 aliphatic rings. The summed E-state index contributed by atoms with van der Waals surface area (Å²) in [6.45, 7) is 3.53. The summed E-state index contributed by atoms with van der Waals surface area (Å²) in [5.41, 5.74) is 0. The fourth-order valence-electron chi connectivity index (χ4n) is 1.86. The predicted molar refractivity (Wildman–Crippen MR) is 58.3 cm³/mol. The first-order valence-electron chi connectivity index (χ1n) is 5.31. The van der Waals surface area contributed by atoms with E-state index in [1.165, 1.54) is 12.1 Å². The van der Waals surface area contributed by atoms with Crippen molar-refractivity contribution in [2.75, 3.05) is 18.4 Å². The maximum absolute atomic E-state index is 12.8. The van der Waals surface area contributed by atoms with Gasteiger partial charge in [0.1, 0.15) is 5.82 Å². The molecular formula is C11H14FN3O. The van der Waals surface area contributed by atoms with E-state index in [1.54, 1.807) is 6.07 Å². The molecule has 5 heteroatoms. The molecule has 1 aromatic heterocycles. The van der Waals surface area contributed by atoms with Gasteiger partial charge < -0.3 is 10.6 Å². The molecule has 2 unspecified atom stereocenters. The normalized spacial score (nSPS) is 24.4. The van der Waals surface area contributed by atoms with Gasteiger partial charge in [0.15, 0.2) is 0 Å². The number of aromatic nitrogens is 1. The molecule has 2 N–H and O–H groups in total. The molecule has 4 nitrogen and oxygen atoms in total. The highest BCUT2D eigenvalue weighted by Gasteiger charge is 2.29. The van der Waals surface area contributed by atoms with Gasteiger partial charge in [0.25, 0.3) is 0 Å². The predicted octanol–water partition coefficient (Wildman–Crippen LogP) is 1.01. The van der Waals surface area contributed by atoms with E-state index in [1.807, 2.05) is 6.92 Å². The summed E-state index contributed by atoms with van der Waals surface area (Å²) in [6.07, 6.45) is 0. The van der Waals surface area contributed by atoms with Crippen molar-refractivity contribution in [1.29, 1.82) is 0 Å². The van der Waals surface area contributed by atoms with E-state index in [2.05, 4.69) is 15.6 Å². The second-order valence-electron chi connectivity index (χ2n) is 4.08. The van der Waals surface area contributed by atoms with Gasteiger partial charge in [0, 0.05) is 6.54 Å². The Morgan fingerprint density at radius 1 is 1.56 bits per heavy atom. The monoisotopic (exact) mass is 223 g/mol. The molecule has 0 aliphatic carbocycles. The third kappa shape index (κ3) is 2.36. The summed E-state index contributed by atoms with van der Waals surface area (Å²) in [5, 5.41) is 5.77. The van der Waals surface area contributed by atoms with Crippen molar-refractivity contribution in [2.24, 2.45) is 11.8 Å². The van der Waals surface area contributed by atoms with Gasteiger partial charge in [-0.3, -0.25) is 4.79 Å². The van der Waals surface area contributed by atoms with Crippen LogP contribution >= 0.6 is 0 Å². The van der Waals surface area contributed by atoms with Crippen molar-refractivity contribution in [3.63, 3.8) is 0 Å². The first-order chi connectivity index (χ1) is 7.66. The zero-order valence-electron chi connectivity index (χ0n) is 9.03. The Kier molecular flexibility index (Phi) is 3.14. The van der Waals surface area contributed by atoms with Crippen LogP contribution in [0.1, 0.15) is 6.92 Å². The standard InChI is InChI=1S/C11H14FN3O/c1-7-5-13-6-8(7)11(16)15-10-4-2-3-9(12)14-10/h2-4,7-8,13H,5-6H2,1H3,(H,14,15,16). The van der Waals surface area contributed by atoms with Gasteiger partial charge >= 0.3 is 0 Å². The second kappa shape index (κ2) is 4.57. The summed E-state index contributed by atoms with van der Waals surface area (Å²) in [7, 11) is 0. The zero-order chi connectivity index (χ0) is 11.5. The average molecular weight is 223 g/mol. The number of carbonyl (C=O) groups excluding carboxylic acids is 1. The fraction of sp³-hybridized carbons (Fsp3) is 0.455. The molecule has 2 rings (SSSR count). The maximum Gasteiger partial charge on any atom is 0.230 e. The summed E-state index contributed by atoms with van der Waals surface area (Å²) in [6, 6.07) is 4.34. The Balaban J connectivity index is 2.02. The van der Waals surface area contributed by atoms with E-state index in [9.17, 15) is 9.18 Å². The summed E-state index contributed by atoms with van der Waals surface area (Å²) in [5.74, 6) is -0.186. The van der Waals surface area contributed by atoms with Crippen molar-refractivity contribution in [3.05, 3.63) is 24.1 Å². The van der Waals surface area contributed by atoms with Crippen LogP contribution in [-0.4, -0.2) is 24.0 Å². The van der Waals surface area contributed by atoms with Crippen molar-refractivity contribution < 1.29 is 9.18 Å².